The summed E-state index contributed by atoms with van der Waals surface area (Å²) >= 11 is 0. The predicted octanol–water partition coefficient (Wildman–Crippen LogP) is 5.61. The minimum atomic E-state index is -0.654. The van der Waals surface area contributed by atoms with E-state index in [4.69, 9.17) is 5.73 Å². The number of rotatable bonds is 2. The van der Waals surface area contributed by atoms with Crippen molar-refractivity contribution in [2.75, 3.05) is 0 Å². The van der Waals surface area contributed by atoms with Crippen molar-refractivity contribution in [2.24, 2.45) is 5.92 Å². The van der Waals surface area contributed by atoms with Gasteiger partial charge in [0.05, 0.1) is 0 Å². The van der Waals surface area contributed by atoms with E-state index in [2.05, 4.69) is 72.8 Å². The van der Waals surface area contributed by atoms with E-state index in [1.54, 1.807) is 0 Å². The molecule has 0 heterocycles. The van der Waals surface area contributed by atoms with Crippen LogP contribution in [0, 0.1) is 5.92 Å². The Kier molecular flexibility index (Phi) is 5.26. The van der Waals surface area contributed by atoms with Crippen LogP contribution in [-0.2, 0) is 16.6 Å². The monoisotopic (exact) mass is 390 g/mol. The average Bonchev–Trinajstić information content (AvgIpc) is 2.92. The Bertz CT molecular complexity index is 992. The molecule has 3 heteroatoms. The largest absolute Gasteiger partial charge is 0.270 e. The zero-order valence-corrected chi connectivity index (χ0v) is 19.5. The number of hydrogen-bond acceptors (Lipinski definition) is 1. The van der Waals surface area contributed by atoms with E-state index >= 15 is 0 Å². The SMILES string of the molecule is CC1=Cc2cc(C(C)(C)C)cc(C3=C(C)C(=[Si](C)C)C(C)C=C3C([NH])=O)c2C1. The first-order valence-corrected chi connectivity index (χ1v) is 12.6. The van der Waals surface area contributed by atoms with Gasteiger partial charge in [0.1, 0.15) is 0 Å². The van der Waals surface area contributed by atoms with Crippen LogP contribution in [0.4, 0.5) is 0 Å². The highest BCUT2D eigenvalue weighted by Gasteiger charge is 2.30. The smallest absolute Gasteiger partial charge is 0.267 e. The fraction of sp³-hybridized carbons (Fsp3) is 0.440. The van der Waals surface area contributed by atoms with Crippen LogP contribution in [0.15, 0.2) is 34.9 Å². The molecule has 0 saturated carbocycles. The molecule has 3 rings (SSSR count). The van der Waals surface area contributed by atoms with Gasteiger partial charge in [-0.25, -0.2) is 0 Å². The van der Waals surface area contributed by atoms with Crippen molar-refractivity contribution in [3.63, 3.8) is 0 Å². The van der Waals surface area contributed by atoms with Crippen LogP contribution in [0.5, 0.6) is 0 Å². The van der Waals surface area contributed by atoms with Crippen LogP contribution in [0.3, 0.4) is 0 Å². The van der Waals surface area contributed by atoms with Crippen LogP contribution in [-0.4, -0.2) is 19.5 Å². The summed E-state index contributed by atoms with van der Waals surface area (Å²) in [5.74, 6) is -0.338. The first-order chi connectivity index (χ1) is 12.9. The van der Waals surface area contributed by atoms with Gasteiger partial charge in [0.2, 0.25) is 0 Å². The van der Waals surface area contributed by atoms with Gasteiger partial charge in [-0.2, -0.15) is 0 Å². The number of amides is 1. The maximum Gasteiger partial charge on any atom is 0.270 e. The first kappa shape index (κ1) is 20.7. The third-order valence-electron chi connectivity index (χ3n) is 5.98. The molecule has 1 aromatic rings. The molecule has 1 N–H and O–H groups in total. The summed E-state index contributed by atoms with van der Waals surface area (Å²) < 4.78 is 0. The second-order valence-corrected chi connectivity index (χ2v) is 12.2. The molecule has 1 amide bonds. The normalized spacial score (nSPS) is 19.4. The lowest BCUT2D eigenvalue weighted by atomic mass is 9.77. The minimum absolute atomic E-state index is 0.0242. The zero-order valence-electron chi connectivity index (χ0n) is 18.5. The summed E-state index contributed by atoms with van der Waals surface area (Å²) in [6.07, 6.45) is 5.24. The molecule has 2 nitrogen and oxygen atoms in total. The number of allylic oxidation sites excluding steroid dienone is 3. The zero-order chi connectivity index (χ0) is 21.0. The molecule has 1 radical (unpaired) electrons. The predicted molar refractivity (Wildman–Crippen MR) is 123 cm³/mol. The molecule has 0 bridgehead atoms. The van der Waals surface area contributed by atoms with E-state index in [9.17, 15) is 4.79 Å². The van der Waals surface area contributed by atoms with Gasteiger partial charge in [0.15, 0.2) is 0 Å². The molecule has 1 aromatic carbocycles. The van der Waals surface area contributed by atoms with Crippen molar-refractivity contribution in [1.82, 2.24) is 5.73 Å². The molecule has 1 atom stereocenters. The van der Waals surface area contributed by atoms with Crippen LogP contribution in [0.1, 0.15) is 63.8 Å². The molecular weight excluding hydrogens is 358 g/mol. The van der Waals surface area contributed by atoms with Crippen molar-refractivity contribution in [3.05, 3.63) is 57.2 Å². The van der Waals surface area contributed by atoms with Gasteiger partial charge in [-0.15, -0.1) is 0 Å². The van der Waals surface area contributed by atoms with E-state index < -0.39 is 14.3 Å². The van der Waals surface area contributed by atoms with Crippen LogP contribution >= 0.6 is 0 Å². The molecule has 147 valence electrons. The van der Waals surface area contributed by atoms with Gasteiger partial charge >= 0.3 is 0 Å². The summed E-state index contributed by atoms with van der Waals surface area (Å²) in [4.78, 5) is 12.3. The maximum absolute atomic E-state index is 12.3. The van der Waals surface area contributed by atoms with Gasteiger partial charge in [0, 0.05) is 14.0 Å². The molecule has 0 saturated heterocycles. The number of nitrogens with one attached hydrogen (secondary N) is 1. The molecule has 1 unspecified atom stereocenters. The van der Waals surface area contributed by atoms with Crippen LogP contribution in [0.25, 0.3) is 11.6 Å². The Morgan fingerprint density at radius 3 is 2.36 bits per heavy atom. The Labute approximate surface area is 171 Å². The number of benzene rings is 1. The number of hydrogen-bond donors (Lipinski definition) is 0. The molecule has 0 spiro atoms. The minimum Gasteiger partial charge on any atom is -0.267 e. The fourth-order valence-electron chi connectivity index (χ4n) is 4.73. The maximum atomic E-state index is 12.3. The summed E-state index contributed by atoms with van der Waals surface area (Å²) in [6, 6.07) is 4.59. The van der Waals surface area contributed by atoms with E-state index in [0.29, 0.717) is 5.57 Å². The van der Waals surface area contributed by atoms with Gasteiger partial charge in [0.25, 0.3) is 5.91 Å². The highest BCUT2D eigenvalue weighted by molar-refractivity contribution is 6.72. The van der Waals surface area contributed by atoms with E-state index in [1.165, 1.54) is 33.0 Å². The molecule has 2 aliphatic carbocycles. The highest BCUT2D eigenvalue weighted by Crippen LogP contribution is 2.42. The van der Waals surface area contributed by atoms with Gasteiger partial charge < -0.3 is 0 Å². The van der Waals surface area contributed by atoms with Crippen molar-refractivity contribution in [3.8, 4) is 0 Å². The van der Waals surface area contributed by atoms with Gasteiger partial charge in [-0.1, -0.05) is 75.8 Å². The quantitative estimate of drug-likeness (QED) is 0.605. The van der Waals surface area contributed by atoms with Crippen molar-refractivity contribution < 1.29 is 4.79 Å². The lowest BCUT2D eigenvalue weighted by molar-refractivity contribution is -0.114. The Morgan fingerprint density at radius 2 is 1.82 bits per heavy atom. The van der Waals surface area contributed by atoms with Crippen LogP contribution in [0.2, 0.25) is 13.1 Å². The number of carbonyl (C=O) groups excluding carboxylic acids is 1. The third-order valence-corrected chi connectivity index (χ3v) is 7.89. The van der Waals surface area contributed by atoms with Crippen molar-refractivity contribution in [2.45, 2.75) is 66.5 Å². The molecule has 28 heavy (non-hydrogen) atoms. The number of fused-ring (bicyclic) bond motifs is 1. The van der Waals surface area contributed by atoms with E-state index in [-0.39, 0.29) is 11.3 Å². The summed E-state index contributed by atoms with van der Waals surface area (Å²) in [7, 11) is -0.654. The standard InChI is InChI=1S/C25H32NOSi/c1-14-9-17-12-18(25(4,5)6)13-20(19(17)10-14)22-16(3)23(28(7)8)15(2)11-21(22)24(26)27/h9,11-13,15,26H,10H2,1-8H3. The summed E-state index contributed by atoms with van der Waals surface area (Å²) in [5, 5.41) is 1.47. The lowest BCUT2D eigenvalue weighted by Crippen LogP contribution is -2.26. The highest BCUT2D eigenvalue weighted by atomic mass is 28.2. The molecule has 2 aliphatic rings. The first-order valence-electron chi connectivity index (χ1n) is 10.1. The summed E-state index contributed by atoms with van der Waals surface area (Å²) in [6.45, 7) is 17.8. The third kappa shape index (κ3) is 3.53. The Hall–Kier alpha value is -2.00. The average molecular weight is 391 g/mol. The van der Waals surface area contributed by atoms with E-state index in [1.807, 2.05) is 6.08 Å². The van der Waals surface area contributed by atoms with Crippen LogP contribution < -0.4 is 5.73 Å². The van der Waals surface area contributed by atoms with Gasteiger partial charge in [-0.05, 0) is 65.0 Å². The molecule has 0 aromatic heterocycles. The second-order valence-electron chi connectivity index (χ2n) is 9.62. The summed E-state index contributed by atoms with van der Waals surface area (Å²) in [5.41, 5.74) is 17.2. The molecule has 0 fully saturated rings. The van der Waals surface area contributed by atoms with Gasteiger partial charge in [-0.3, -0.25) is 10.5 Å². The number of carbonyl (C=O) groups is 1. The molecule has 0 aliphatic heterocycles. The molecular formula is C25H32NOSi. The Balaban J connectivity index is 2.38. The Morgan fingerprint density at radius 1 is 1.18 bits per heavy atom. The fourth-order valence-corrected chi connectivity index (χ4v) is 6.60. The van der Waals surface area contributed by atoms with E-state index in [0.717, 1.165) is 17.6 Å². The second kappa shape index (κ2) is 7.11. The lowest BCUT2D eigenvalue weighted by Gasteiger charge is -2.29. The van der Waals surface area contributed by atoms with Crippen molar-refractivity contribution >= 4 is 31.1 Å². The van der Waals surface area contributed by atoms with Crippen molar-refractivity contribution in [1.29, 1.82) is 0 Å². The topological polar surface area (TPSA) is 40.9 Å².